The number of rotatable bonds is 9. The van der Waals surface area contributed by atoms with Crippen molar-refractivity contribution < 1.29 is 19.7 Å². The van der Waals surface area contributed by atoms with Gasteiger partial charge in [0.2, 0.25) is 0 Å². The number of anilines is 2. The Labute approximate surface area is 145 Å². The van der Waals surface area contributed by atoms with Crippen LogP contribution in [0.3, 0.4) is 0 Å². The molecule has 0 fully saturated rings. The molecule has 2 atom stereocenters. The average Bonchev–Trinajstić information content (AvgIpc) is 2.59. The average molecular weight is 347 g/mol. The smallest absolute Gasteiger partial charge is 0.316 e. The van der Waals surface area contributed by atoms with Crippen LogP contribution in [0.5, 0.6) is 5.75 Å². The topological polar surface area (TPSA) is 78.8 Å². The predicted molar refractivity (Wildman–Crippen MR) is 97.2 cm³/mol. The predicted octanol–water partition coefficient (Wildman–Crippen LogP) is 3.38. The molecule has 2 aromatic carbocycles. The van der Waals surface area contributed by atoms with Crippen molar-refractivity contribution in [2.24, 2.45) is 0 Å². The Morgan fingerprint density at radius 2 is 1.75 bits per heavy atom. The van der Waals surface area contributed by atoms with Crippen LogP contribution in [0, 0.1) is 0 Å². The molecule has 0 saturated carbocycles. The van der Waals surface area contributed by atoms with E-state index in [9.17, 15) is 9.90 Å². The number of carboxylic acid groups (broad SMARTS) is 1. The van der Waals surface area contributed by atoms with Crippen LogP contribution >= 0.6 is 11.8 Å². The number of hydrogen-bond donors (Lipinski definition) is 3. The molecule has 2 unspecified atom stereocenters. The minimum absolute atomic E-state index is 0.130. The fourth-order valence-electron chi connectivity index (χ4n) is 1.89. The molecule has 0 amide bonds. The number of carbonyl (C=O) groups is 1. The third-order valence-corrected chi connectivity index (χ3v) is 4.52. The fourth-order valence-corrected chi connectivity index (χ4v) is 2.64. The third kappa shape index (κ3) is 6.14. The van der Waals surface area contributed by atoms with Gasteiger partial charge in [-0.2, -0.15) is 0 Å². The van der Waals surface area contributed by atoms with E-state index in [2.05, 4.69) is 5.32 Å². The van der Waals surface area contributed by atoms with Gasteiger partial charge in [-0.1, -0.05) is 18.2 Å². The van der Waals surface area contributed by atoms with Gasteiger partial charge >= 0.3 is 5.97 Å². The molecule has 5 nitrogen and oxygen atoms in total. The summed E-state index contributed by atoms with van der Waals surface area (Å²) in [5, 5.41) is 21.4. The van der Waals surface area contributed by atoms with Crippen LogP contribution in [-0.4, -0.2) is 39.9 Å². The van der Waals surface area contributed by atoms with Gasteiger partial charge < -0.3 is 20.3 Å². The molecule has 6 heteroatoms. The van der Waals surface area contributed by atoms with Gasteiger partial charge in [0.1, 0.15) is 12.4 Å². The van der Waals surface area contributed by atoms with Crippen molar-refractivity contribution in [2.75, 3.05) is 17.7 Å². The van der Waals surface area contributed by atoms with Crippen LogP contribution in [0.2, 0.25) is 0 Å². The maximum absolute atomic E-state index is 10.7. The van der Waals surface area contributed by atoms with E-state index in [0.29, 0.717) is 11.5 Å². The Kier molecular flexibility index (Phi) is 6.96. The van der Waals surface area contributed by atoms with E-state index in [4.69, 9.17) is 9.84 Å². The third-order valence-electron chi connectivity index (χ3n) is 3.25. The Hall–Kier alpha value is -2.18. The number of para-hydroxylation sites is 1. The number of aliphatic hydroxyl groups is 1. The molecule has 3 N–H and O–H groups in total. The second-order valence-electron chi connectivity index (χ2n) is 5.29. The van der Waals surface area contributed by atoms with Crippen LogP contribution < -0.4 is 10.1 Å². The van der Waals surface area contributed by atoms with E-state index in [1.807, 2.05) is 54.6 Å². The van der Waals surface area contributed by atoms with Crippen molar-refractivity contribution in [3.05, 3.63) is 54.6 Å². The zero-order chi connectivity index (χ0) is 17.4. The highest BCUT2D eigenvalue weighted by atomic mass is 32.2. The molecule has 24 heavy (non-hydrogen) atoms. The van der Waals surface area contributed by atoms with Gasteiger partial charge in [-0.05, 0) is 43.3 Å². The molecule has 0 aliphatic carbocycles. The van der Waals surface area contributed by atoms with Crippen molar-refractivity contribution in [2.45, 2.75) is 18.3 Å². The molecule has 128 valence electrons. The molecule has 0 aliphatic heterocycles. The fraction of sp³-hybridized carbons (Fsp3) is 0.278. The highest BCUT2D eigenvalue weighted by molar-refractivity contribution is 8.00. The molecule has 0 bridgehead atoms. The van der Waals surface area contributed by atoms with E-state index in [1.165, 1.54) is 11.8 Å². The molecule has 0 saturated heterocycles. The Bertz CT molecular complexity index is 633. The maximum atomic E-state index is 10.7. The summed E-state index contributed by atoms with van der Waals surface area (Å²) in [6.45, 7) is 1.73. The number of ether oxygens (including phenoxy) is 1. The first-order chi connectivity index (χ1) is 11.5. The van der Waals surface area contributed by atoms with Crippen LogP contribution in [0.1, 0.15) is 6.92 Å². The minimum Gasteiger partial charge on any atom is -0.491 e. The van der Waals surface area contributed by atoms with E-state index < -0.39 is 17.3 Å². The number of benzene rings is 2. The SMILES string of the molecule is CC(SCC(O)COc1ccc(Nc2ccccc2)cc1)C(=O)O. The lowest BCUT2D eigenvalue weighted by molar-refractivity contribution is -0.136. The standard InChI is InChI=1S/C18H21NO4S/c1-13(18(21)22)24-12-16(20)11-23-17-9-7-15(8-10-17)19-14-5-3-2-4-6-14/h2-10,13,16,19-20H,11-12H2,1H3,(H,21,22). The van der Waals surface area contributed by atoms with Crippen molar-refractivity contribution in [3.8, 4) is 5.75 Å². The number of aliphatic hydroxyl groups excluding tert-OH is 1. The van der Waals surface area contributed by atoms with Gasteiger partial charge in [0.15, 0.2) is 0 Å². The number of aliphatic carboxylic acids is 1. The van der Waals surface area contributed by atoms with E-state index in [0.717, 1.165) is 11.4 Å². The van der Waals surface area contributed by atoms with Gasteiger partial charge in [-0.25, -0.2) is 0 Å². The molecule has 0 heterocycles. The maximum Gasteiger partial charge on any atom is 0.316 e. The van der Waals surface area contributed by atoms with Crippen LogP contribution in [-0.2, 0) is 4.79 Å². The van der Waals surface area contributed by atoms with Gasteiger partial charge in [0.05, 0.1) is 11.4 Å². The summed E-state index contributed by atoms with van der Waals surface area (Å²) < 4.78 is 5.53. The first kappa shape index (κ1) is 18.2. The van der Waals surface area contributed by atoms with E-state index >= 15 is 0 Å². The summed E-state index contributed by atoms with van der Waals surface area (Å²) in [6, 6.07) is 17.3. The van der Waals surface area contributed by atoms with Gasteiger partial charge in [-0.15, -0.1) is 11.8 Å². The van der Waals surface area contributed by atoms with Crippen molar-refractivity contribution in [1.29, 1.82) is 0 Å². The zero-order valence-corrected chi connectivity index (χ0v) is 14.2. The van der Waals surface area contributed by atoms with Gasteiger partial charge in [0.25, 0.3) is 0 Å². The molecule has 0 aliphatic rings. The lowest BCUT2D eigenvalue weighted by atomic mass is 10.2. The van der Waals surface area contributed by atoms with Gasteiger partial charge in [-0.3, -0.25) is 4.79 Å². The largest absolute Gasteiger partial charge is 0.491 e. The lowest BCUT2D eigenvalue weighted by Gasteiger charge is -2.14. The number of thioether (sulfide) groups is 1. The molecule has 2 aromatic rings. The monoisotopic (exact) mass is 347 g/mol. The quantitative estimate of drug-likeness (QED) is 0.645. The second kappa shape index (κ2) is 9.20. The summed E-state index contributed by atoms with van der Waals surface area (Å²) >= 11 is 1.19. The first-order valence-electron chi connectivity index (χ1n) is 7.62. The summed E-state index contributed by atoms with van der Waals surface area (Å²) in [6.07, 6.45) is -0.709. The highest BCUT2D eigenvalue weighted by Crippen LogP contribution is 2.20. The number of hydrogen-bond acceptors (Lipinski definition) is 5. The summed E-state index contributed by atoms with van der Waals surface area (Å²) in [7, 11) is 0. The van der Waals surface area contributed by atoms with Crippen LogP contribution in [0.4, 0.5) is 11.4 Å². The lowest BCUT2D eigenvalue weighted by Crippen LogP contribution is -2.23. The molecule has 2 rings (SSSR count). The number of nitrogens with one attached hydrogen (secondary N) is 1. The van der Waals surface area contributed by atoms with Crippen molar-refractivity contribution >= 4 is 29.1 Å². The minimum atomic E-state index is -0.880. The van der Waals surface area contributed by atoms with Crippen LogP contribution in [0.15, 0.2) is 54.6 Å². The Balaban J connectivity index is 1.76. The van der Waals surface area contributed by atoms with E-state index in [-0.39, 0.29) is 6.61 Å². The number of carboxylic acids is 1. The second-order valence-corrected chi connectivity index (χ2v) is 6.67. The summed E-state index contributed by atoms with van der Waals surface area (Å²) in [4.78, 5) is 10.7. The molecular weight excluding hydrogens is 326 g/mol. The molecular formula is C18H21NO4S. The van der Waals surface area contributed by atoms with Crippen molar-refractivity contribution in [3.63, 3.8) is 0 Å². The first-order valence-corrected chi connectivity index (χ1v) is 8.67. The molecule has 0 radical (unpaired) electrons. The Morgan fingerprint density at radius 3 is 2.38 bits per heavy atom. The zero-order valence-electron chi connectivity index (χ0n) is 13.4. The highest BCUT2D eigenvalue weighted by Gasteiger charge is 2.14. The van der Waals surface area contributed by atoms with Crippen molar-refractivity contribution in [1.82, 2.24) is 0 Å². The molecule has 0 aromatic heterocycles. The Morgan fingerprint density at radius 1 is 1.12 bits per heavy atom. The van der Waals surface area contributed by atoms with E-state index in [1.54, 1.807) is 6.92 Å². The summed E-state index contributed by atoms with van der Waals surface area (Å²) in [5.74, 6) is 0.0970. The normalized spacial score (nSPS) is 13.1. The van der Waals surface area contributed by atoms with Crippen LogP contribution in [0.25, 0.3) is 0 Å². The summed E-state index contributed by atoms with van der Waals surface area (Å²) in [5.41, 5.74) is 1.95. The molecule has 0 spiro atoms. The van der Waals surface area contributed by atoms with Gasteiger partial charge in [0, 0.05) is 17.1 Å².